The van der Waals surface area contributed by atoms with E-state index < -0.39 is 95.4 Å². The van der Waals surface area contributed by atoms with Crippen molar-refractivity contribution in [1.29, 1.82) is 0 Å². The molecule has 0 unspecified atom stereocenters. The van der Waals surface area contributed by atoms with Crippen LogP contribution >= 0.6 is 0 Å². The number of methoxy groups -OCH3 is 2. The van der Waals surface area contributed by atoms with Gasteiger partial charge in [-0.3, -0.25) is 28.8 Å². The van der Waals surface area contributed by atoms with Gasteiger partial charge in [-0.15, -0.1) is 5.10 Å². The number of nitrogens with two attached hydrogens (primary N) is 3. The third kappa shape index (κ3) is 25.0. The minimum Gasteiger partial charge on any atom is -0.459 e. The number of amides is 3. The zero-order valence-electron chi connectivity index (χ0n) is 78.7. The van der Waals surface area contributed by atoms with E-state index in [1.165, 1.54) is 37.3 Å². The number of aliphatic hydroxyl groups excluding tert-OH is 2. The van der Waals surface area contributed by atoms with E-state index in [9.17, 15) is 48.9 Å². The number of anilines is 4. The topological polar surface area (TPSA) is 509 Å². The third-order valence-electron chi connectivity index (χ3n) is 26.8. The summed E-state index contributed by atoms with van der Waals surface area (Å²) in [4.78, 5) is 137. The van der Waals surface area contributed by atoms with E-state index in [4.69, 9.17) is 74.6 Å². The summed E-state index contributed by atoms with van der Waals surface area (Å²) in [6.45, 7) is 17.1. The number of oxazole rings is 1. The highest BCUT2D eigenvalue weighted by atomic mass is 16.6. The first-order chi connectivity index (χ1) is 65.6. The first kappa shape index (κ1) is 100. The molecule has 2 aromatic carbocycles. The van der Waals surface area contributed by atoms with E-state index in [0.717, 1.165) is 33.6 Å². The molecule has 15 atom stereocenters. The third-order valence-corrected chi connectivity index (χ3v) is 26.8. The number of fused-ring (bicyclic) bond motifs is 6. The normalized spacial score (nSPS) is 26.1. The summed E-state index contributed by atoms with van der Waals surface area (Å²) in [5.41, 5.74) is 28.3. The first-order valence-electron chi connectivity index (χ1n) is 47.2. The molecular weight excluding hydrogens is 1750 g/mol. The maximum Gasteiger partial charge on any atom is 0.329 e. The Labute approximate surface area is 789 Å². The van der Waals surface area contributed by atoms with Gasteiger partial charge in [0.1, 0.15) is 59.2 Å². The summed E-state index contributed by atoms with van der Waals surface area (Å²) >= 11 is 0. The number of Topliss-reactive ketones (excluding diaryl/α,β-unsaturated/α-hetero) is 3. The number of ether oxygens (including phenoxy) is 8. The predicted molar refractivity (Wildman–Crippen MR) is 502 cm³/mol. The molecule has 2 bridgehead atoms. The fourth-order valence-corrected chi connectivity index (χ4v) is 18.8. The quantitative estimate of drug-likeness (QED) is 0.0110. The number of hydrogen-bond acceptors (Lipinski definition) is 34. The molecule has 136 heavy (non-hydrogen) atoms. The lowest BCUT2D eigenvalue weighted by atomic mass is 9.79. The van der Waals surface area contributed by atoms with Gasteiger partial charge < -0.3 is 99.7 Å². The number of rotatable bonds is 28. The van der Waals surface area contributed by atoms with E-state index in [1.54, 1.807) is 58.1 Å². The molecule has 3 saturated heterocycles. The zero-order chi connectivity index (χ0) is 96.3. The van der Waals surface area contributed by atoms with Crippen molar-refractivity contribution in [3.05, 3.63) is 144 Å². The SMILES string of the molecule is CO[C@H]1C[C@@H]2CC[C@@H](C)[C@@](O)(O2)C(=O)C(=O)N2CCCC[C@H]2C(=O)O[C@H]([C@H](N)C[C@@H]2CC[C@H](n3cc(-c4cnc(N5CCN(c6ncc(C(=O)NCCOCCOCCOCCOCCC(=O)N7CCc8cc(Cn9nc(-c%10ccc%11oc(N)nc%11c%10)c%10c(N)ncnc%109)ccc8C7)cn6)CC5)nc4)nn3)[C@H](OC)C2)CC(=O)[C@H](C)/C=C(\C)[C@@H](O)[C@@H](O)C(=O)[C@H](C)C[C@H](C)/C=C/C=CC=C1C. The van der Waals surface area contributed by atoms with Crippen molar-refractivity contribution >= 4 is 86.9 Å². The molecule has 1 aliphatic carbocycles. The Morgan fingerprint density at radius 2 is 1.43 bits per heavy atom. The van der Waals surface area contributed by atoms with Crippen molar-refractivity contribution in [2.24, 2.45) is 35.3 Å². The highest BCUT2D eigenvalue weighted by Crippen LogP contribution is 2.41. The Kier molecular flexibility index (Phi) is 34.6. The number of aliphatic hydroxyl groups is 3. The van der Waals surface area contributed by atoms with Crippen LogP contribution in [0.5, 0.6) is 0 Å². The van der Waals surface area contributed by atoms with Gasteiger partial charge in [0, 0.05) is 139 Å². The van der Waals surface area contributed by atoms with E-state index in [-0.39, 0.29) is 106 Å². The van der Waals surface area contributed by atoms with Crippen LogP contribution in [0.3, 0.4) is 0 Å². The standard InChI is InChI=1S/C97H128N20O19/c1-58-14-10-9-11-15-59(2)79(128-7)48-71-22-17-63(6)97(127,136-71)88(123)92(125)115-28-13-12-16-76(115)93(126)134-80(49-77(118)60(3)43-62(5)86(121)87(122)85(120)61(4)42-58)72(98)45-64-19-23-75(81(46-64)129-8)116-56-74(109-111-116)69-50-102-95(103-51-69)112-30-32-113(33-31-112)96-104-52-70(53-105-96)91(124)101-27-35-131-37-39-133-41-40-132-38-36-130-34-26-82(119)114-29-25-66-44-65(18-20-68(66)55-114)54-117-90-83(89(99)106-57-107-90)84(110-117)67-21-24-78-73(47-67)108-94(100)135-78/h9-11,14-15,18,20-21,24,43-44,47,50-53,56-58,60-61,63-64,71-72,75-76,79-81,86-87,121-122,127H,12-13,16-17,19,22-23,25-42,45-46,48-49,54-55,98H2,1-8H3,(H2,100,108)(H,101,124)(H2,99,106,107)/b11-9?,14-10+,59-15?,62-43+/t58-,60-,61-,63-,64+,71+,72-,75+,76+,79+,80+,81-,86-,87+,97-/m1/s1. The number of esters is 1. The highest BCUT2D eigenvalue weighted by Gasteiger charge is 2.53. The smallest absolute Gasteiger partial charge is 0.329 e. The number of nitrogen functional groups attached to an aromatic ring is 2. The van der Waals surface area contributed by atoms with Crippen LogP contribution in [-0.4, -0.2) is 293 Å². The Balaban J connectivity index is 0.482. The van der Waals surface area contributed by atoms with Crippen LogP contribution in [0.2, 0.25) is 0 Å². The minimum absolute atomic E-state index is 0.00618. The van der Waals surface area contributed by atoms with Crippen LogP contribution in [0.1, 0.15) is 158 Å². The monoisotopic (exact) mass is 1880 g/mol. The number of benzene rings is 2. The molecule has 6 aromatic heterocycles. The fraction of sp³-hybridized carbons (Fsp3) is 0.557. The Morgan fingerprint density at radius 3 is 2.15 bits per heavy atom. The largest absolute Gasteiger partial charge is 0.459 e. The predicted octanol–water partition coefficient (Wildman–Crippen LogP) is 7.20. The van der Waals surface area contributed by atoms with Gasteiger partial charge in [-0.2, -0.15) is 10.1 Å². The van der Waals surface area contributed by atoms with Gasteiger partial charge in [-0.25, -0.2) is 44.1 Å². The van der Waals surface area contributed by atoms with E-state index in [0.29, 0.717) is 199 Å². The molecule has 3 amide bonds. The highest BCUT2D eigenvalue weighted by molar-refractivity contribution is 6.39. The molecule has 0 radical (unpaired) electrons. The Bertz CT molecular complexity index is 5580. The Hall–Kier alpha value is -11.6. The first-order valence-corrected chi connectivity index (χ1v) is 47.2. The van der Waals surface area contributed by atoms with Crippen molar-refractivity contribution in [3.63, 3.8) is 0 Å². The zero-order valence-corrected chi connectivity index (χ0v) is 78.7. The molecule has 39 heteroatoms. The molecule has 730 valence electrons. The summed E-state index contributed by atoms with van der Waals surface area (Å²) < 4.78 is 56.4. The summed E-state index contributed by atoms with van der Waals surface area (Å²) in [7, 11) is 3.18. The summed E-state index contributed by atoms with van der Waals surface area (Å²) in [6, 6.07) is 9.44. The van der Waals surface area contributed by atoms with Crippen LogP contribution in [0.15, 0.2) is 126 Å². The number of piperazine rings is 1. The van der Waals surface area contributed by atoms with Crippen LogP contribution < -0.4 is 32.3 Å². The van der Waals surface area contributed by atoms with Gasteiger partial charge >= 0.3 is 5.97 Å². The number of cyclic esters (lactones) is 1. The lowest BCUT2D eigenvalue weighted by molar-refractivity contribution is -0.265. The summed E-state index contributed by atoms with van der Waals surface area (Å²) in [5, 5.41) is 52.3. The average Bonchev–Trinajstić information content (AvgIpc) is 1.57. The van der Waals surface area contributed by atoms with Crippen molar-refractivity contribution in [2.45, 2.75) is 205 Å². The molecule has 4 fully saturated rings. The number of allylic oxidation sites excluding steroid dienone is 6. The molecule has 14 rings (SSSR count). The van der Waals surface area contributed by atoms with E-state index in [2.05, 4.69) is 63.6 Å². The minimum atomic E-state index is -2.51. The van der Waals surface area contributed by atoms with Crippen molar-refractivity contribution in [2.75, 3.05) is 134 Å². The number of piperidine rings is 1. The van der Waals surface area contributed by atoms with Gasteiger partial charge in [-0.05, 0) is 142 Å². The number of ketones is 3. The molecular formula is C97H128N20O19. The maximum absolute atomic E-state index is 14.8. The van der Waals surface area contributed by atoms with Crippen molar-refractivity contribution in [3.8, 4) is 22.5 Å². The number of nitrogens with zero attached hydrogens (tertiary/aromatic N) is 16. The fourth-order valence-electron chi connectivity index (χ4n) is 18.8. The molecule has 1 saturated carbocycles. The Morgan fingerprint density at radius 1 is 0.721 bits per heavy atom. The van der Waals surface area contributed by atoms with Crippen LogP contribution in [0, 0.1) is 29.6 Å². The van der Waals surface area contributed by atoms with Gasteiger partial charge in [-0.1, -0.05) is 87.6 Å². The van der Waals surface area contributed by atoms with Crippen LogP contribution in [0.4, 0.5) is 23.7 Å². The number of aromatic nitrogens is 12. The van der Waals surface area contributed by atoms with Gasteiger partial charge in [0.15, 0.2) is 17.0 Å². The van der Waals surface area contributed by atoms with Gasteiger partial charge in [0.05, 0.1) is 107 Å². The second-order valence-electron chi connectivity index (χ2n) is 36.5. The second-order valence-corrected chi connectivity index (χ2v) is 36.5. The van der Waals surface area contributed by atoms with Crippen molar-refractivity contribution in [1.82, 2.24) is 74.8 Å². The lowest BCUT2D eigenvalue weighted by Gasteiger charge is -2.42. The molecule has 11 heterocycles. The van der Waals surface area contributed by atoms with Crippen LogP contribution in [-0.2, 0) is 86.2 Å². The number of carbonyl (C=O) groups is 7. The number of nitrogens with one attached hydrogen (secondary N) is 1. The maximum atomic E-state index is 14.8. The molecule has 39 nitrogen and oxygen atoms in total. The molecule has 8 aromatic rings. The van der Waals surface area contributed by atoms with Gasteiger partial charge in [0.2, 0.25) is 23.6 Å². The molecule has 6 aliphatic rings. The van der Waals surface area contributed by atoms with E-state index >= 15 is 0 Å². The number of carbonyl (C=O) groups excluding carboxylic acids is 7. The summed E-state index contributed by atoms with van der Waals surface area (Å²) in [5.74, 6) is -8.12. The lowest BCUT2D eigenvalue weighted by Crippen LogP contribution is -2.61. The van der Waals surface area contributed by atoms with Gasteiger partial charge in [0.25, 0.3) is 23.6 Å². The molecule has 5 aliphatic heterocycles. The van der Waals surface area contributed by atoms with E-state index in [1.807, 2.05) is 77.0 Å². The second kappa shape index (κ2) is 46.9. The van der Waals surface area contributed by atoms with Crippen molar-refractivity contribution < 1.29 is 91.2 Å². The molecule has 10 N–H and O–H groups in total. The number of hydrogen-bond donors (Lipinski definition) is 7. The average molecular weight is 1880 g/mol. The summed E-state index contributed by atoms with van der Waals surface area (Å²) in [6.07, 6.45) is 19.5. The molecule has 0 spiro atoms. The van der Waals surface area contributed by atoms with Crippen LogP contribution in [0.25, 0.3) is 44.6 Å².